The summed E-state index contributed by atoms with van der Waals surface area (Å²) < 4.78 is 0.885. The predicted molar refractivity (Wildman–Crippen MR) is 76.0 cm³/mol. The fourth-order valence-corrected chi connectivity index (χ4v) is 3.53. The average Bonchev–Trinajstić information content (AvgIpc) is 2.76. The smallest absolute Gasteiger partial charge is 0.0931 e. The lowest BCUT2D eigenvalue weighted by Gasteiger charge is -2.31. The lowest BCUT2D eigenvalue weighted by atomic mass is 10.0. The summed E-state index contributed by atoms with van der Waals surface area (Å²) in [5, 5.41) is 3.60. The maximum atomic E-state index is 5.99. The molecule has 4 heteroatoms. The van der Waals surface area contributed by atoms with E-state index in [0.29, 0.717) is 12.1 Å². The van der Waals surface area contributed by atoms with E-state index in [2.05, 4.69) is 30.3 Å². The first-order valence-electron chi connectivity index (χ1n) is 6.35. The summed E-state index contributed by atoms with van der Waals surface area (Å²) in [5.74, 6) is 0. The maximum Gasteiger partial charge on any atom is 0.0931 e. The van der Waals surface area contributed by atoms with Crippen LogP contribution < -0.4 is 5.32 Å². The second-order valence-corrected chi connectivity index (χ2v) is 6.65. The van der Waals surface area contributed by atoms with Crippen molar-refractivity contribution >= 4 is 22.9 Å². The molecule has 2 nitrogen and oxygen atoms in total. The van der Waals surface area contributed by atoms with Gasteiger partial charge in [0.25, 0.3) is 0 Å². The fourth-order valence-electron chi connectivity index (χ4n) is 2.36. The van der Waals surface area contributed by atoms with Gasteiger partial charge in [-0.1, -0.05) is 18.0 Å². The maximum absolute atomic E-state index is 5.99. The van der Waals surface area contributed by atoms with Gasteiger partial charge in [0.15, 0.2) is 0 Å². The first kappa shape index (κ1) is 13.3. The Morgan fingerprint density at radius 2 is 2.35 bits per heavy atom. The highest BCUT2D eigenvalue weighted by Crippen LogP contribution is 2.29. The van der Waals surface area contributed by atoms with Crippen molar-refractivity contribution in [3.8, 4) is 0 Å². The zero-order chi connectivity index (χ0) is 12.3. The lowest BCUT2D eigenvalue weighted by Crippen LogP contribution is -2.42. The van der Waals surface area contributed by atoms with Crippen molar-refractivity contribution in [2.45, 2.75) is 38.3 Å². The second-order valence-electron chi connectivity index (χ2n) is 4.90. The number of halogens is 1. The molecule has 1 saturated heterocycles. The highest BCUT2D eigenvalue weighted by molar-refractivity contribution is 7.16. The Balaban J connectivity index is 1.88. The first-order chi connectivity index (χ1) is 8.16. The molecule has 0 amide bonds. The van der Waals surface area contributed by atoms with Crippen molar-refractivity contribution in [1.29, 1.82) is 0 Å². The van der Waals surface area contributed by atoms with Crippen LogP contribution in [0, 0.1) is 0 Å². The SMILES string of the molecule is CC(c1ccc(Cl)s1)N(C)CC1CCCCN1. The lowest BCUT2D eigenvalue weighted by molar-refractivity contribution is 0.217. The molecule has 2 unspecified atom stereocenters. The Kier molecular flexibility index (Phi) is 4.86. The Morgan fingerprint density at radius 1 is 1.53 bits per heavy atom. The molecule has 0 bridgehead atoms. The largest absolute Gasteiger partial charge is 0.313 e. The Morgan fingerprint density at radius 3 is 2.94 bits per heavy atom. The normalized spacial score (nSPS) is 22.9. The van der Waals surface area contributed by atoms with Crippen molar-refractivity contribution in [2.75, 3.05) is 20.1 Å². The van der Waals surface area contributed by atoms with Crippen LogP contribution in [-0.4, -0.2) is 31.1 Å². The van der Waals surface area contributed by atoms with Crippen LogP contribution in [0.1, 0.15) is 37.1 Å². The van der Waals surface area contributed by atoms with E-state index < -0.39 is 0 Å². The van der Waals surface area contributed by atoms with Gasteiger partial charge in [-0.2, -0.15) is 0 Å². The van der Waals surface area contributed by atoms with Crippen LogP contribution in [0.15, 0.2) is 12.1 Å². The third-order valence-corrected chi connectivity index (χ3v) is 4.99. The molecule has 0 saturated carbocycles. The molecule has 0 aliphatic carbocycles. The number of hydrogen-bond donors (Lipinski definition) is 1. The monoisotopic (exact) mass is 272 g/mol. The van der Waals surface area contributed by atoms with Crippen LogP contribution in [0.4, 0.5) is 0 Å². The van der Waals surface area contributed by atoms with E-state index in [1.165, 1.54) is 30.7 Å². The molecule has 1 aliphatic rings. The van der Waals surface area contributed by atoms with E-state index in [9.17, 15) is 0 Å². The standard InChI is InChI=1S/C13H21ClN2S/c1-10(12-6-7-13(14)17-12)16(2)9-11-5-3-4-8-15-11/h6-7,10-11,15H,3-5,8-9H2,1-2H3. The summed E-state index contributed by atoms with van der Waals surface area (Å²) in [5.41, 5.74) is 0. The number of thiophene rings is 1. The van der Waals surface area contributed by atoms with Gasteiger partial charge in [-0.05, 0) is 45.5 Å². The Labute approximate surface area is 113 Å². The van der Waals surface area contributed by atoms with E-state index in [4.69, 9.17) is 11.6 Å². The summed E-state index contributed by atoms with van der Waals surface area (Å²) in [4.78, 5) is 3.78. The minimum atomic E-state index is 0.455. The molecule has 0 radical (unpaired) electrons. The minimum Gasteiger partial charge on any atom is -0.313 e. The van der Waals surface area contributed by atoms with Gasteiger partial charge in [0.2, 0.25) is 0 Å². The molecule has 2 atom stereocenters. The van der Waals surface area contributed by atoms with Gasteiger partial charge < -0.3 is 5.32 Å². The average molecular weight is 273 g/mol. The third-order valence-electron chi connectivity index (χ3n) is 3.59. The van der Waals surface area contributed by atoms with E-state index >= 15 is 0 Å². The molecule has 2 rings (SSSR count). The van der Waals surface area contributed by atoms with Crippen LogP contribution >= 0.6 is 22.9 Å². The molecular weight excluding hydrogens is 252 g/mol. The van der Waals surface area contributed by atoms with Gasteiger partial charge in [-0.15, -0.1) is 11.3 Å². The zero-order valence-electron chi connectivity index (χ0n) is 10.6. The minimum absolute atomic E-state index is 0.455. The van der Waals surface area contributed by atoms with E-state index in [-0.39, 0.29) is 0 Å². The van der Waals surface area contributed by atoms with Gasteiger partial charge in [-0.3, -0.25) is 4.90 Å². The van der Waals surface area contributed by atoms with E-state index in [1.807, 2.05) is 6.07 Å². The van der Waals surface area contributed by atoms with E-state index in [1.54, 1.807) is 11.3 Å². The van der Waals surface area contributed by atoms with Gasteiger partial charge in [0.1, 0.15) is 0 Å². The molecule has 96 valence electrons. The van der Waals surface area contributed by atoms with E-state index in [0.717, 1.165) is 10.9 Å². The van der Waals surface area contributed by atoms with Gasteiger partial charge >= 0.3 is 0 Å². The van der Waals surface area contributed by atoms with Crippen LogP contribution in [0.3, 0.4) is 0 Å². The highest BCUT2D eigenvalue weighted by Gasteiger charge is 2.19. The molecule has 17 heavy (non-hydrogen) atoms. The predicted octanol–water partition coefficient (Wildman–Crippen LogP) is 3.54. The summed E-state index contributed by atoms with van der Waals surface area (Å²) in [6.07, 6.45) is 4.00. The van der Waals surface area contributed by atoms with Crippen molar-refractivity contribution in [1.82, 2.24) is 10.2 Å². The van der Waals surface area contributed by atoms with Crippen molar-refractivity contribution in [3.05, 3.63) is 21.3 Å². The summed E-state index contributed by atoms with van der Waals surface area (Å²) in [7, 11) is 2.20. The number of nitrogens with one attached hydrogen (secondary N) is 1. The van der Waals surface area contributed by atoms with Gasteiger partial charge in [0.05, 0.1) is 4.34 Å². The zero-order valence-corrected chi connectivity index (χ0v) is 12.2. The number of likely N-dealkylation sites (N-methyl/N-ethyl adjacent to an activating group) is 1. The second kappa shape index (κ2) is 6.19. The molecule has 2 heterocycles. The Bertz CT molecular complexity index is 347. The van der Waals surface area contributed by atoms with Crippen LogP contribution in [-0.2, 0) is 0 Å². The van der Waals surface area contributed by atoms with Gasteiger partial charge in [-0.25, -0.2) is 0 Å². The molecule has 1 N–H and O–H groups in total. The molecular formula is C13H21ClN2S. The van der Waals surface area contributed by atoms with Crippen molar-refractivity contribution < 1.29 is 0 Å². The molecule has 1 fully saturated rings. The molecule has 0 spiro atoms. The van der Waals surface area contributed by atoms with Crippen LogP contribution in [0.2, 0.25) is 4.34 Å². The molecule has 0 aromatic carbocycles. The summed E-state index contributed by atoms with van der Waals surface area (Å²) in [6.45, 7) is 4.55. The fraction of sp³-hybridized carbons (Fsp3) is 0.692. The molecule has 1 aromatic rings. The summed E-state index contributed by atoms with van der Waals surface area (Å²) in [6, 6.07) is 5.25. The third kappa shape index (κ3) is 3.68. The first-order valence-corrected chi connectivity index (χ1v) is 7.55. The molecule has 1 aromatic heterocycles. The van der Waals surface area contributed by atoms with Crippen LogP contribution in [0.5, 0.6) is 0 Å². The molecule has 1 aliphatic heterocycles. The Hall–Kier alpha value is -0.0900. The number of piperidine rings is 1. The number of rotatable bonds is 4. The highest BCUT2D eigenvalue weighted by atomic mass is 35.5. The van der Waals surface area contributed by atoms with Crippen molar-refractivity contribution in [2.24, 2.45) is 0 Å². The van der Waals surface area contributed by atoms with Crippen LogP contribution in [0.25, 0.3) is 0 Å². The number of nitrogens with zero attached hydrogens (tertiary/aromatic N) is 1. The number of hydrogen-bond acceptors (Lipinski definition) is 3. The quantitative estimate of drug-likeness (QED) is 0.902. The topological polar surface area (TPSA) is 15.3 Å². The van der Waals surface area contributed by atoms with Crippen molar-refractivity contribution in [3.63, 3.8) is 0 Å². The van der Waals surface area contributed by atoms with Gasteiger partial charge in [0, 0.05) is 23.5 Å². The summed E-state index contributed by atoms with van der Waals surface area (Å²) >= 11 is 7.68.